The predicted octanol–water partition coefficient (Wildman–Crippen LogP) is 2.26. The van der Waals surface area contributed by atoms with Crippen LogP contribution in [-0.2, 0) is 28.6 Å². The smallest absolute Gasteiger partial charge is 0.333 e. The standard InChI is InChI=1S/C19H26O7/c1-13(2)17(22)24-10-6-5-9-19(18(23)26-12-14-11-25-14)8-4-3-7-15(19)16(20)21/h3-4,14-15H,1,5-12H2,2H3,(H,20,21). The van der Waals surface area contributed by atoms with E-state index in [1.165, 1.54) is 0 Å². The number of carbonyl (C=O) groups is 3. The summed E-state index contributed by atoms with van der Waals surface area (Å²) in [6.07, 6.45) is 5.66. The minimum Gasteiger partial charge on any atom is -0.481 e. The molecule has 26 heavy (non-hydrogen) atoms. The first-order valence-electron chi connectivity index (χ1n) is 8.86. The topological polar surface area (TPSA) is 102 Å². The number of carbonyl (C=O) groups excluding carboxylic acids is 2. The van der Waals surface area contributed by atoms with Crippen LogP contribution in [0.5, 0.6) is 0 Å². The van der Waals surface area contributed by atoms with Gasteiger partial charge in [0.25, 0.3) is 0 Å². The molecule has 1 fully saturated rings. The molecule has 0 aromatic carbocycles. The van der Waals surface area contributed by atoms with Crippen LogP contribution in [0.15, 0.2) is 24.3 Å². The first-order valence-corrected chi connectivity index (χ1v) is 8.86. The summed E-state index contributed by atoms with van der Waals surface area (Å²) in [6.45, 7) is 6.02. The molecule has 7 heteroatoms. The van der Waals surface area contributed by atoms with Crippen molar-refractivity contribution in [2.45, 2.75) is 45.1 Å². The van der Waals surface area contributed by atoms with Gasteiger partial charge in [0.2, 0.25) is 0 Å². The van der Waals surface area contributed by atoms with Gasteiger partial charge in [-0.25, -0.2) is 4.79 Å². The second kappa shape index (κ2) is 8.98. The van der Waals surface area contributed by atoms with Crippen molar-refractivity contribution in [1.82, 2.24) is 0 Å². The SMILES string of the molecule is C=C(C)C(=O)OCCCCC1(C(=O)OCC2CO2)CC=CCC1C(=O)O. The molecule has 0 spiro atoms. The molecular weight excluding hydrogens is 340 g/mol. The van der Waals surface area contributed by atoms with Crippen molar-refractivity contribution >= 4 is 17.9 Å². The van der Waals surface area contributed by atoms with Crippen LogP contribution in [-0.4, -0.2) is 48.9 Å². The van der Waals surface area contributed by atoms with Gasteiger partial charge in [-0.1, -0.05) is 18.7 Å². The fourth-order valence-electron chi connectivity index (χ4n) is 3.14. The molecule has 144 valence electrons. The van der Waals surface area contributed by atoms with Gasteiger partial charge in [0, 0.05) is 5.57 Å². The van der Waals surface area contributed by atoms with Crippen LogP contribution in [0.4, 0.5) is 0 Å². The summed E-state index contributed by atoms with van der Waals surface area (Å²) >= 11 is 0. The molecule has 0 amide bonds. The Balaban J connectivity index is 1.96. The normalized spacial score (nSPS) is 26.8. The van der Waals surface area contributed by atoms with Crippen molar-refractivity contribution in [1.29, 1.82) is 0 Å². The summed E-state index contributed by atoms with van der Waals surface area (Å²) < 4.78 is 15.4. The zero-order valence-corrected chi connectivity index (χ0v) is 15.1. The molecule has 3 unspecified atom stereocenters. The van der Waals surface area contributed by atoms with Crippen LogP contribution >= 0.6 is 0 Å². The molecule has 0 bridgehead atoms. The van der Waals surface area contributed by atoms with E-state index in [0.29, 0.717) is 44.3 Å². The molecule has 1 heterocycles. The van der Waals surface area contributed by atoms with Crippen LogP contribution in [0.25, 0.3) is 0 Å². The average Bonchev–Trinajstić information content (AvgIpc) is 3.43. The van der Waals surface area contributed by atoms with Gasteiger partial charge in [0.15, 0.2) is 0 Å². The lowest BCUT2D eigenvalue weighted by atomic mass is 9.66. The summed E-state index contributed by atoms with van der Waals surface area (Å²) in [5.41, 5.74) is -0.760. The summed E-state index contributed by atoms with van der Waals surface area (Å²) in [5.74, 6) is -2.75. The number of unbranched alkanes of at least 4 members (excludes halogenated alkanes) is 1. The third-order valence-corrected chi connectivity index (χ3v) is 4.79. The van der Waals surface area contributed by atoms with Crippen LogP contribution in [0.1, 0.15) is 39.0 Å². The monoisotopic (exact) mass is 366 g/mol. The largest absolute Gasteiger partial charge is 0.481 e. The van der Waals surface area contributed by atoms with Gasteiger partial charge < -0.3 is 19.3 Å². The third-order valence-electron chi connectivity index (χ3n) is 4.79. The molecule has 1 aliphatic heterocycles. The first-order chi connectivity index (χ1) is 12.4. The number of hydrogen-bond acceptors (Lipinski definition) is 6. The van der Waals surface area contributed by atoms with Crippen molar-refractivity contribution in [3.05, 3.63) is 24.3 Å². The highest BCUT2D eigenvalue weighted by atomic mass is 16.6. The molecule has 1 N–H and O–H groups in total. The molecule has 0 saturated carbocycles. The number of hydrogen-bond donors (Lipinski definition) is 1. The molecule has 0 aromatic rings. The van der Waals surface area contributed by atoms with Crippen LogP contribution in [0.3, 0.4) is 0 Å². The van der Waals surface area contributed by atoms with Crippen LogP contribution in [0.2, 0.25) is 0 Å². The Morgan fingerprint density at radius 2 is 2.00 bits per heavy atom. The summed E-state index contributed by atoms with van der Waals surface area (Å²) in [7, 11) is 0. The van der Waals surface area contributed by atoms with Crippen LogP contribution < -0.4 is 0 Å². The highest BCUT2D eigenvalue weighted by Gasteiger charge is 2.50. The minimum atomic E-state index is -1.09. The van der Waals surface area contributed by atoms with Crippen LogP contribution in [0, 0.1) is 11.3 Å². The molecular formula is C19H26O7. The van der Waals surface area contributed by atoms with Crippen molar-refractivity contribution in [2.24, 2.45) is 11.3 Å². The fourth-order valence-corrected chi connectivity index (χ4v) is 3.14. The molecule has 0 aromatic heterocycles. The van der Waals surface area contributed by atoms with Gasteiger partial charge in [0.05, 0.1) is 24.5 Å². The molecule has 2 aliphatic rings. The minimum absolute atomic E-state index is 0.0695. The lowest BCUT2D eigenvalue weighted by Gasteiger charge is -2.37. The summed E-state index contributed by atoms with van der Waals surface area (Å²) in [6, 6.07) is 0. The summed E-state index contributed by atoms with van der Waals surface area (Å²) in [4.78, 5) is 35.9. The van der Waals surface area contributed by atoms with E-state index >= 15 is 0 Å². The van der Waals surface area contributed by atoms with E-state index in [-0.39, 0.29) is 19.3 Å². The third kappa shape index (κ3) is 5.17. The Morgan fingerprint density at radius 3 is 2.62 bits per heavy atom. The highest BCUT2D eigenvalue weighted by Crippen LogP contribution is 2.44. The lowest BCUT2D eigenvalue weighted by molar-refractivity contribution is -0.169. The Morgan fingerprint density at radius 1 is 1.27 bits per heavy atom. The molecule has 1 aliphatic carbocycles. The Hall–Kier alpha value is -2.15. The van der Waals surface area contributed by atoms with E-state index in [9.17, 15) is 19.5 Å². The molecule has 0 radical (unpaired) electrons. The zero-order valence-electron chi connectivity index (χ0n) is 15.1. The maximum Gasteiger partial charge on any atom is 0.333 e. The van der Waals surface area contributed by atoms with E-state index in [4.69, 9.17) is 14.2 Å². The van der Waals surface area contributed by atoms with Gasteiger partial charge in [0.1, 0.15) is 12.7 Å². The van der Waals surface area contributed by atoms with Crippen molar-refractivity contribution < 1.29 is 33.7 Å². The van der Waals surface area contributed by atoms with Gasteiger partial charge in [-0.15, -0.1) is 0 Å². The van der Waals surface area contributed by atoms with Gasteiger partial charge in [-0.3, -0.25) is 9.59 Å². The zero-order chi connectivity index (χ0) is 19.2. The fraction of sp³-hybridized carbons (Fsp3) is 0.632. The van der Waals surface area contributed by atoms with E-state index in [2.05, 4.69) is 6.58 Å². The Kier molecular flexibility index (Phi) is 6.97. The van der Waals surface area contributed by atoms with E-state index < -0.39 is 29.2 Å². The lowest BCUT2D eigenvalue weighted by Crippen LogP contribution is -2.45. The number of carboxylic acid groups (broad SMARTS) is 1. The van der Waals surface area contributed by atoms with E-state index in [1.54, 1.807) is 13.0 Å². The molecule has 1 saturated heterocycles. The number of allylic oxidation sites excluding steroid dienone is 2. The number of aliphatic carboxylic acids is 1. The van der Waals surface area contributed by atoms with Crippen molar-refractivity contribution in [2.75, 3.05) is 19.8 Å². The Labute approximate surface area is 153 Å². The molecule has 3 atom stereocenters. The van der Waals surface area contributed by atoms with Gasteiger partial charge in [-0.2, -0.15) is 0 Å². The number of esters is 2. The molecule has 2 rings (SSSR count). The number of epoxide rings is 1. The first kappa shape index (κ1) is 20.2. The highest BCUT2D eigenvalue weighted by molar-refractivity contribution is 5.87. The van der Waals surface area contributed by atoms with E-state index in [1.807, 2.05) is 6.08 Å². The quantitative estimate of drug-likeness (QED) is 0.208. The van der Waals surface area contributed by atoms with Crippen molar-refractivity contribution in [3.8, 4) is 0 Å². The summed E-state index contributed by atoms with van der Waals surface area (Å²) in [5, 5.41) is 9.60. The maximum absolute atomic E-state index is 12.8. The predicted molar refractivity (Wildman–Crippen MR) is 92.3 cm³/mol. The number of carboxylic acids is 1. The Bertz CT molecular complexity index is 591. The molecule has 7 nitrogen and oxygen atoms in total. The van der Waals surface area contributed by atoms with Crippen molar-refractivity contribution in [3.63, 3.8) is 0 Å². The second-order valence-electron chi connectivity index (χ2n) is 6.89. The number of rotatable bonds is 10. The van der Waals surface area contributed by atoms with E-state index in [0.717, 1.165) is 0 Å². The maximum atomic E-state index is 12.8. The van der Waals surface area contributed by atoms with Gasteiger partial charge in [-0.05, 0) is 39.0 Å². The van der Waals surface area contributed by atoms with Gasteiger partial charge >= 0.3 is 17.9 Å². The number of ether oxygens (including phenoxy) is 3. The average molecular weight is 366 g/mol. The second-order valence-corrected chi connectivity index (χ2v) is 6.89.